The molecular weight excluding hydrogens is 176 g/mol. The third-order valence-electron chi connectivity index (χ3n) is 2.86. The van der Waals surface area contributed by atoms with Crippen molar-refractivity contribution in [3.63, 3.8) is 0 Å². The smallest absolute Gasteiger partial charge is 0.107 e. The molecule has 0 bridgehead atoms. The summed E-state index contributed by atoms with van der Waals surface area (Å²) >= 11 is 0. The molecular formula is C10H18N4. The van der Waals surface area contributed by atoms with Crippen molar-refractivity contribution in [3.05, 3.63) is 17.7 Å². The Morgan fingerprint density at radius 2 is 2.57 bits per heavy atom. The van der Waals surface area contributed by atoms with Crippen LogP contribution >= 0.6 is 0 Å². The molecule has 1 atom stereocenters. The SMILES string of the molecule is CN1CCC(c2cnc(CCN)[nH]2)C1. The fourth-order valence-electron chi connectivity index (χ4n) is 2.04. The van der Waals surface area contributed by atoms with E-state index in [9.17, 15) is 0 Å². The highest BCUT2D eigenvalue weighted by Crippen LogP contribution is 2.24. The van der Waals surface area contributed by atoms with Crippen LogP contribution in [0.2, 0.25) is 0 Å². The van der Waals surface area contributed by atoms with Crippen LogP contribution < -0.4 is 5.73 Å². The average Bonchev–Trinajstić information content (AvgIpc) is 2.74. The minimum Gasteiger partial charge on any atom is -0.346 e. The van der Waals surface area contributed by atoms with Gasteiger partial charge in [-0.25, -0.2) is 4.98 Å². The van der Waals surface area contributed by atoms with Crippen molar-refractivity contribution in [2.45, 2.75) is 18.8 Å². The lowest BCUT2D eigenvalue weighted by atomic mass is 10.1. The molecule has 0 aromatic carbocycles. The zero-order chi connectivity index (χ0) is 9.97. The zero-order valence-corrected chi connectivity index (χ0v) is 8.66. The van der Waals surface area contributed by atoms with E-state index < -0.39 is 0 Å². The minimum atomic E-state index is 0.638. The maximum atomic E-state index is 5.48. The Balaban J connectivity index is 2.02. The van der Waals surface area contributed by atoms with Gasteiger partial charge in [0.2, 0.25) is 0 Å². The highest BCUT2D eigenvalue weighted by molar-refractivity contribution is 5.10. The zero-order valence-electron chi connectivity index (χ0n) is 8.66. The molecule has 1 aromatic heterocycles. The molecule has 78 valence electrons. The summed E-state index contributed by atoms with van der Waals surface area (Å²) in [5, 5.41) is 0. The van der Waals surface area contributed by atoms with Crippen LogP contribution in [0, 0.1) is 0 Å². The second-order valence-electron chi connectivity index (χ2n) is 4.07. The van der Waals surface area contributed by atoms with Crippen molar-refractivity contribution in [2.24, 2.45) is 5.73 Å². The van der Waals surface area contributed by atoms with Crippen molar-refractivity contribution in [2.75, 3.05) is 26.7 Å². The molecule has 1 unspecified atom stereocenters. The third-order valence-corrected chi connectivity index (χ3v) is 2.86. The summed E-state index contributed by atoms with van der Waals surface area (Å²) in [6.07, 6.45) is 4.05. The third kappa shape index (κ3) is 1.96. The van der Waals surface area contributed by atoms with E-state index in [0.29, 0.717) is 12.5 Å². The second-order valence-corrected chi connectivity index (χ2v) is 4.07. The summed E-state index contributed by atoms with van der Waals surface area (Å²) in [6.45, 7) is 3.00. The molecule has 4 heteroatoms. The van der Waals surface area contributed by atoms with Crippen LogP contribution in [0.3, 0.4) is 0 Å². The summed E-state index contributed by atoms with van der Waals surface area (Å²) in [4.78, 5) is 10.0. The fourth-order valence-corrected chi connectivity index (χ4v) is 2.04. The minimum absolute atomic E-state index is 0.638. The van der Waals surface area contributed by atoms with Crippen LogP contribution in [0.1, 0.15) is 23.9 Å². The molecule has 1 aliphatic heterocycles. The molecule has 1 aromatic rings. The van der Waals surface area contributed by atoms with Crippen LogP contribution in [-0.2, 0) is 6.42 Å². The molecule has 3 N–H and O–H groups in total. The first-order valence-corrected chi connectivity index (χ1v) is 5.22. The first-order chi connectivity index (χ1) is 6.79. The van der Waals surface area contributed by atoms with Crippen LogP contribution in [-0.4, -0.2) is 41.5 Å². The first kappa shape index (κ1) is 9.68. The average molecular weight is 194 g/mol. The van der Waals surface area contributed by atoms with Gasteiger partial charge in [-0.15, -0.1) is 0 Å². The number of aromatic amines is 1. The molecule has 0 saturated carbocycles. The van der Waals surface area contributed by atoms with Gasteiger partial charge in [0, 0.05) is 30.8 Å². The lowest BCUT2D eigenvalue weighted by Gasteiger charge is -2.07. The van der Waals surface area contributed by atoms with E-state index in [4.69, 9.17) is 5.73 Å². The number of H-pyrrole nitrogens is 1. The summed E-state index contributed by atoms with van der Waals surface area (Å²) in [6, 6.07) is 0. The number of imidazole rings is 1. The van der Waals surface area contributed by atoms with Crippen LogP contribution in [0.25, 0.3) is 0 Å². The summed E-state index contributed by atoms with van der Waals surface area (Å²) in [5.74, 6) is 1.66. The van der Waals surface area contributed by atoms with Crippen molar-refractivity contribution >= 4 is 0 Å². The molecule has 2 heterocycles. The van der Waals surface area contributed by atoms with Gasteiger partial charge in [0.25, 0.3) is 0 Å². The maximum absolute atomic E-state index is 5.48. The number of rotatable bonds is 3. The van der Waals surface area contributed by atoms with E-state index in [2.05, 4.69) is 21.9 Å². The standard InChI is InChI=1S/C10H18N4/c1-14-5-3-8(7-14)9-6-12-10(13-9)2-4-11/h6,8H,2-5,7,11H2,1H3,(H,12,13). The summed E-state index contributed by atoms with van der Waals surface area (Å²) < 4.78 is 0. The number of nitrogens with two attached hydrogens (primary N) is 1. The highest BCUT2D eigenvalue weighted by atomic mass is 15.1. The van der Waals surface area contributed by atoms with Gasteiger partial charge in [-0.2, -0.15) is 0 Å². The largest absolute Gasteiger partial charge is 0.346 e. The highest BCUT2D eigenvalue weighted by Gasteiger charge is 2.22. The van der Waals surface area contributed by atoms with Crippen LogP contribution in [0.5, 0.6) is 0 Å². The number of likely N-dealkylation sites (tertiary alicyclic amines) is 1. The fraction of sp³-hybridized carbons (Fsp3) is 0.700. The van der Waals surface area contributed by atoms with Gasteiger partial charge in [-0.05, 0) is 26.6 Å². The van der Waals surface area contributed by atoms with Gasteiger partial charge in [0.1, 0.15) is 5.82 Å². The Morgan fingerprint density at radius 3 is 3.21 bits per heavy atom. The molecule has 4 nitrogen and oxygen atoms in total. The molecule has 2 rings (SSSR count). The van der Waals surface area contributed by atoms with Gasteiger partial charge in [0.15, 0.2) is 0 Å². The van der Waals surface area contributed by atoms with Gasteiger partial charge >= 0.3 is 0 Å². The normalized spacial score (nSPS) is 23.1. The van der Waals surface area contributed by atoms with E-state index in [1.807, 2.05) is 6.20 Å². The maximum Gasteiger partial charge on any atom is 0.107 e. The number of likely N-dealkylation sites (N-methyl/N-ethyl adjacent to an activating group) is 1. The Bertz CT molecular complexity index is 294. The summed E-state index contributed by atoms with van der Waals surface area (Å²) in [7, 11) is 2.16. The lowest BCUT2D eigenvalue weighted by Crippen LogP contribution is -2.13. The molecule has 0 radical (unpaired) electrons. The molecule has 1 aliphatic rings. The van der Waals surface area contributed by atoms with Gasteiger partial charge in [-0.3, -0.25) is 0 Å². The Morgan fingerprint density at radius 1 is 1.71 bits per heavy atom. The quantitative estimate of drug-likeness (QED) is 0.729. The van der Waals surface area contributed by atoms with E-state index >= 15 is 0 Å². The molecule has 1 saturated heterocycles. The summed E-state index contributed by atoms with van der Waals surface area (Å²) in [5.41, 5.74) is 6.75. The van der Waals surface area contributed by atoms with E-state index in [-0.39, 0.29) is 0 Å². The van der Waals surface area contributed by atoms with E-state index in [0.717, 1.165) is 18.8 Å². The van der Waals surface area contributed by atoms with Gasteiger partial charge in [-0.1, -0.05) is 0 Å². The second kappa shape index (κ2) is 4.11. The predicted octanol–water partition coefficient (Wildman–Crippen LogP) is 0.330. The van der Waals surface area contributed by atoms with Crippen LogP contribution in [0.4, 0.5) is 0 Å². The molecule has 14 heavy (non-hydrogen) atoms. The van der Waals surface area contributed by atoms with Gasteiger partial charge < -0.3 is 15.6 Å². The van der Waals surface area contributed by atoms with E-state index in [1.54, 1.807) is 0 Å². The Kier molecular flexibility index (Phi) is 2.84. The number of nitrogens with zero attached hydrogens (tertiary/aromatic N) is 2. The van der Waals surface area contributed by atoms with Crippen LogP contribution in [0.15, 0.2) is 6.20 Å². The number of hydrogen-bond donors (Lipinski definition) is 2. The van der Waals surface area contributed by atoms with E-state index in [1.165, 1.54) is 18.7 Å². The molecule has 1 fully saturated rings. The predicted molar refractivity (Wildman–Crippen MR) is 56.2 cm³/mol. The van der Waals surface area contributed by atoms with Gasteiger partial charge in [0.05, 0.1) is 0 Å². The number of hydrogen-bond acceptors (Lipinski definition) is 3. The molecule has 0 amide bonds. The molecule has 0 spiro atoms. The Hall–Kier alpha value is -0.870. The lowest BCUT2D eigenvalue weighted by molar-refractivity contribution is 0.411. The number of aromatic nitrogens is 2. The molecule has 0 aliphatic carbocycles. The van der Waals surface area contributed by atoms with Crippen molar-refractivity contribution in [1.29, 1.82) is 0 Å². The van der Waals surface area contributed by atoms with Crippen molar-refractivity contribution < 1.29 is 0 Å². The first-order valence-electron chi connectivity index (χ1n) is 5.22. The van der Waals surface area contributed by atoms with Crippen molar-refractivity contribution in [3.8, 4) is 0 Å². The Labute approximate surface area is 84.5 Å². The topological polar surface area (TPSA) is 57.9 Å². The number of nitrogens with one attached hydrogen (secondary N) is 1. The monoisotopic (exact) mass is 194 g/mol. The van der Waals surface area contributed by atoms with Crippen molar-refractivity contribution in [1.82, 2.24) is 14.9 Å².